The summed E-state index contributed by atoms with van der Waals surface area (Å²) in [5.74, 6) is 0. The van der Waals surface area contributed by atoms with Crippen LogP contribution in [0.2, 0.25) is 0 Å². The van der Waals surface area contributed by atoms with Gasteiger partial charge in [-0.1, -0.05) is 17.7 Å². The van der Waals surface area contributed by atoms with Crippen molar-refractivity contribution >= 4 is 17.1 Å². The van der Waals surface area contributed by atoms with E-state index in [4.69, 9.17) is 0 Å². The van der Waals surface area contributed by atoms with Crippen molar-refractivity contribution in [1.82, 2.24) is 0 Å². The van der Waals surface area contributed by atoms with Crippen molar-refractivity contribution in [2.45, 2.75) is 6.92 Å². The van der Waals surface area contributed by atoms with Gasteiger partial charge < -0.3 is 10.6 Å². The lowest BCUT2D eigenvalue weighted by atomic mass is 10.2. The maximum atomic E-state index is 3.35. The molecule has 2 aromatic rings. The summed E-state index contributed by atoms with van der Waals surface area (Å²) in [6, 6.07) is 16.6. The van der Waals surface area contributed by atoms with Crippen LogP contribution in [-0.4, -0.2) is 7.05 Å². The molecule has 0 radical (unpaired) electrons. The SMILES string of the molecule is CNc1ccc(Nc2ccc(C)cc2)cc1. The molecule has 16 heavy (non-hydrogen) atoms. The lowest BCUT2D eigenvalue weighted by molar-refractivity contribution is 1.45. The van der Waals surface area contributed by atoms with E-state index in [1.165, 1.54) is 5.56 Å². The van der Waals surface area contributed by atoms with Crippen LogP contribution < -0.4 is 10.6 Å². The number of aryl methyl sites for hydroxylation is 1. The van der Waals surface area contributed by atoms with Crippen molar-refractivity contribution in [1.29, 1.82) is 0 Å². The lowest BCUT2D eigenvalue weighted by Gasteiger charge is -2.07. The zero-order chi connectivity index (χ0) is 11.4. The predicted octanol–water partition coefficient (Wildman–Crippen LogP) is 3.78. The summed E-state index contributed by atoms with van der Waals surface area (Å²) < 4.78 is 0. The molecule has 0 aliphatic rings. The second kappa shape index (κ2) is 4.71. The molecule has 0 aliphatic carbocycles. The largest absolute Gasteiger partial charge is 0.388 e. The van der Waals surface area contributed by atoms with Crippen LogP contribution in [0.4, 0.5) is 17.1 Å². The molecule has 0 saturated carbocycles. The van der Waals surface area contributed by atoms with E-state index in [1.54, 1.807) is 0 Å². The molecule has 0 heterocycles. The van der Waals surface area contributed by atoms with E-state index in [9.17, 15) is 0 Å². The van der Waals surface area contributed by atoms with Crippen molar-refractivity contribution < 1.29 is 0 Å². The van der Waals surface area contributed by atoms with Crippen molar-refractivity contribution in [2.24, 2.45) is 0 Å². The first-order valence-electron chi connectivity index (χ1n) is 5.39. The van der Waals surface area contributed by atoms with Gasteiger partial charge in [-0.25, -0.2) is 0 Å². The Balaban J connectivity index is 2.11. The first-order valence-corrected chi connectivity index (χ1v) is 5.39. The Morgan fingerprint density at radius 1 is 0.688 bits per heavy atom. The van der Waals surface area contributed by atoms with Crippen LogP contribution in [0, 0.1) is 6.92 Å². The molecule has 0 saturated heterocycles. The Kier molecular flexibility index (Phi) is 3.10. The summed E-state index contributed by atoms with van der Waals surface area (Å²) in [6.07, 6.45) is 0. The number of hydrogen-bond acceptors (Lipinski definition) is 2. The summed E-state index contributed by atoms with van der Waals surface area (Å²) in [5, 5.41) is 6.45. The van der Waals surface area contributed by atoms with Crippen LogP contribution in [-0.2, 0) is 0 Å². The average molecular weight is 212 g/mol. The molecule has 0 aromatic heterocycles. The molecule has 0 atom stereocenters. The highest BCUT2D eigenvalue weighted by atomic mass is 14.9. The number of nitrogens with one attached hydrogen (secondary N) is 2. The van der Waals surface area contributed by atoms with Gasteiger partial charge in [-0.3, -0.25) is 0 Å². The smallest absolute Gasteiger partial charge is 0.0385 e. The predicted molar refractivity (Wildman–Crippen MR) is 70.5 cm³/mol. The fourth-order valence-electron chi connectivity index (χ4n) is 1.52. The summed E-state index contributed by atoms with van der Waals surface area (Å²) in [5.41, 5.74) is 4.61. The highest BCUT2D eigenvalue weighted by Gasteiger charge is 1.94. The van der Waals surface area contributed by atoms with Crippen molar-refractivity contribution in [3.63, 3.8) is 0 Å². The number of benzene rings is 2. The Hall–Kier alpha value is -1.96. The molecule has 0 spiro atoms. The second-order valence-corrected chi connectivity index (χ2v) is 3.82. The van der Waals surface area contributed by atoms with E-state index in [0.29, 0.717) is 0 Å². The summed E-state index contributed by atoms with van der Waals surface area (Å²) in [7, 11) is 1.92. The maximum Gasteiger partial charge on any atom is 0.0385 e. The molecule has 82 valence electrons. The zero-order valence-corrected chi connectivity index (χ0v) is 9.62. The quantitative estimate of drug-likeness (QED) is 0.809. The van der Waals surface area contributed by atoms with Gasteiger partial charge in [0, 0.05) is 24.1 Å². The van der Waals surface area contributed by atoms with Gasteiger partial charge in [0.05, 0.1) is 0 Å². The minimum Gasteiger partial charge on any atom is -0.388 e. The minimum absolute atomic E-state index is 1.10. The van der Waals surface area contributed by atoms with Crippen LogP contribution in [0.25, 0.3) is 0 Å². The van der Waals surface area contributed by atoms with Gasteiger partial charge in [0.15, 0.2) is 0 Å². The molecule has 0 fully saturated rings. The van der Waals surface area contributed by atoms with Gasteiger partial charge in [-0.2, -0.15) is 0 Å². The van der Waals surface area contributed by atoms with Gasteiger partial charge in [0.25, 0.3) is 0 Å². The first-order chi connectivity index (χ1) is 7.78. The molecule has 0 bridgehead atoms. The van der Waals surface area contributed by atoms with Crippen LogP contribution in [0.15, 0.2) is 48.5 Å². The Morgan fingerprint density at radius 2 is 1.12 bits per heavy atom. The third-order valence-corrected chi connectivity index (χ3v) is 2.51. The number of rotatable bonds is 3. The van der Waals surface area contributed by atoms with E-state index < -0.39 is 0 Å². The lowest BCUT2D eigenvalue weighted by Crippen LogP contribution is -1.91. The van der Waals surface area contributed by atoms with Crippen LogP contribution >= 0.6 is 0 Å². The standard InChI is InChI=1S/C14H16N2/c1-11-3-5-13(6-4-11)16-14-9-7-12(15-2)8-10-14/h3-10,15-16H,1-2H3. The van der Waals surface area contributed by atoms with Gasteiger partial charge in [-0.15, -0.1) is 0 Å². The average Bonchev–Trinajstić information content (AvgIpc) is 2.33. The molecular weight excluding hydrogens is 196 g/mol. The molecule has 2 aromatic carbocycles. The van der Waals surface area contributed by atoms with Crippen molar-refractivity contribution in [2.75, 3.05) is 17.7 Å². The van der Waals surface area contributed by atoms with Gasteiger partial charge in [-0.05, 0) is 43.3 Å². The van der Waals surface area contributed by atoms with Crippen LogP contribution in [0.1, 0.15) is 5.56 Å². The zero-order valence-electron chi connectivity index (χ0n) is 9.62. The second-order valence-electron chi connectivity index (χ2n) is 3.82. The summed E-state index contributed by atoms with van der Waals surface area (Å²) in [4.78, 5) is 0. The third-order valence-electron chi connectivity index (χ3n) is 2.51. The van der Waals surface area contributed by atoms with E-state index in [2.05, 4.69) is 66.1 Å². The molecule has 2 N–H and O–H groups in total. The van der Waals surface area contributed by atoms with Crippen molar-refractivity contribution in [3.05, 3.63) is 54.1 Å². The molecule has 0 amide bonds. The third kappa shape index (κ3) is 2.54. The van der Waals surface area contributed by atoms with E-state index >= 15 is 0 Å². The van der Waals surface area contributed by atoms with Crippen LogP contribution in [0.5, 0.6) is 0 Å². The summed E-state index contributed by atoms with van der Waals surface area (Å²) in [6.45, 7) is 2.09. The highest BCUT2D eigenvalue weighted by Crippen LogP contribution is 2.18. The number of anilines is 3. The maximum absolute atomic E-state index is 3.35. The summed E-state index contributed by atoms with van der Waals surface area (Å²) >= 11 is 0. The fourth-order valence-corrected chi connectivity index (χ4v) is 1.52. The van der Waals surface area contributed by atoms with E-state index in [0.717, 1.165) is 17.1 Å². The molecular formula is C14H16N2. The molecule has 0 aliphatic heterocycles. The topological polar surface area (TPSA) is 24.1 Å². The molecule has 2 nitrogen and oxygen atoms in total. The fraction of sp³-hybridized carbons (Fsp3) is 0.143. The van der Waals surface area contributed by atoms with Gasteiger partial charge >= 0.3 is 0 Å². The molecule has 2 heteroatoms. The van der Waals surface area contributed by atoms with Crippen LogP contribution in [0.3, 0.4) is 0 Å². The Labute approximate surface area is 96.3 Å². The monoisotopic (exact) mass is 212 g/mol. The Bertz CT molecular complexity index is 443. The minimum atomic E-state index is 1.10. The number of hydrogen-bond donors (Lipinski definition) is 2. The van der Waals surface area contributed by atoms with Gasteiger partial charge in [0.1, 0.15) is 0 Å². The van der Waals surface area contributed by atoms with E-state index in [-0.39, 0.29) is 0 Å². The van der Waals surface area contributed by atoms with E-state index in [1.807, 2.05) is 7.05 Å². The van der Waals surface area contributed by atoms with Crippen molar-refractivity contribution in [3.8, 4) is 0 Å². The highest BCUT2D eigenvalue weighted by molar-refractivity contribution is 5.62. The van der Waals surface area contributed by atoms with Gasteiger partial charge in [0.2, 0.25) is 0 Å². The first kappa shape index (κ1) is 10.6. The Morgan fingerprint density at radius 3 is 1.62 bits per heavy atom. The molecule has 0 unspecified atom stereocenters. The normalized spacial score (nSPS) is 9.88. The molecule has 2 rings (SSSR count).